The van der Waals surface area contributed by atoms with Crippen LogP contribution in [0.3, 0.4) is 0 Å². The molecule has 2 unspecified atom stereocenters. The Balaban J connectivity index is 2.30. The van der Waals surface area contributed by atoms with Crippen molar-refractivity contribution in [3.05, 3.63) is 23.8 Å². The van der Waals surface area contributed by atoms with Gasteiger partial charge in [-0.3, -0.25) is 4.90 Å². The van der Waals surface area contributed by atoms with Gasteiger partial charge in [0.05, 0.1) is 20.3 Å². The molecular formula is C17H25N3O2. The van der Waals surface area contributed by atoms with Gasteiger partial charge in [0.25, 0.3) is 0 Å². The largest absolute Gasteiger partial charge is 0.493 e. The molecule has 1 aliphatic heterocycles. The second kappa shape index (κ2) is 7.48. The van der Waals surface area contributed by atoms with Crippen LogP contribution in [0.25, 0.3) is 0 Å². The van der Waals surface area contributed by atoms with Crippen LogP contribution in [0.5, 0.6) is 11.5 Å². The fraction of sp³-hybridized carbons (Fsp3) is 0.588. The summed E-state index contributed by atoms with van der Waals surface area (Å²) in [5.41, 5.74) is 0.961. The zero-order valence-corrected chi connectivity index (χ0v) is 13.9. The van der Waals surface area contributed by atoms with E-state index in [1.54, 1.807) is 14.2 Å². The minimum absolute atomic E-state index is 0.251. The van der Waals surface area contributed by atoms with Gasteiger partial charge in [-0.1, -0.05) is 13.0 Å². The molecular weight excluding hydrogens is 278 g/mol. The maximum absolute atomic E-state index is 9.72. The molecule has 5 heteroatoms. The van der Waals surface area contributed by atoms with Crippen molar-refractivity contribution in [2.75, 3.05) is 40.9 Å². The minimum atomic E-state index is -0.251. The van der Waals surface area contributed by atoms with E-state index in [4.69, 9.17) is 9.47 Å². The monoisotopic (exact) mass is 303 g/mol. The SMILES string of the molecule is CCC1CN(C)CCN1C(C#N)c1ccc(OC)c(OC)c1. The molecule has 2 atom stereocenters. The van der Waals surface area contributed by atoms with E-state index in [-0.39, 0.29) is 6.04 Å². The molecule has 0 saturated carbocycles. The first-order valence-corrected chi connectivity index (χ1v) is 7.70. The number of likely N-dealkylation sites (N-methyl/N-ethyl adjacent to an activating group) is 1. The molecule has 22 heavy (non-hydrogen) atoms. The minimum Gasteiger partial charge on any atom is -0.493 e. The van der Waals surface area contributed by atoms with Gasteiger partial charge < -0.3 is 14.4 Å². The summed E-state index contributed by atoms with van der Waals surface area (Å²) in [7, 11) is 5.37. The molecule has 120 valence electrons. The first-order chi connectivity index (χ1) is 10.6. The zero-order valence-electron chi connectivity index (χ0n) is 13.9. The van der Waals surface area contributed by atoms with Crippen molar-refractivity contribution in [2.24, 2.45) is 0 Å². The van der Waals surface area contributed by atoms with Crippen LogP contribution in [-0.2, 0) is 0 Å². The Bertz CT molecular complexity index is 541. The van der Waals surface area contributed by atoms with E-state index in [1.807, 2.05) is 18.2 Å². The number of benzene rings is 1. The fourth-order valence-electron chi connectivity index (χ4n) is 3.09. The van der Waals surface area contributed by atoms with Crippen molar-refractivity contribution in [3.63, 3.8) is 0 Å². The van der Waals surface area contributed by atoms with Crippen LogP contribution in [0, 0.1) is 11.3 Å². The van der Waals surface area contributed by atoms with Crippen LogP contribution in [0.2, 0.25) is 0 Å². The summed E-state index contributed by atoms with van der Waals surface area (Å²) in [5, 5.41) is 9.72. The zero-order chi connectivity index (χ0) is 16.1. The van der Waals surface area contributed by atoms with Gasteiger partial charge in [0, 0.05) is 25.7 Å². The van der Waals surface area contributed by atoms with Gasteiger partial charge in [-0.25, -0.2) is 0 Å². The highest BCUT2D eigenvalue weighted by molar-refractivity contribution is 5.44. The van der Waals surface area contributed by atoms with Crippen molar-refractivity contribution in [2.45, 2.75) is 25.4 Å². The lowest BCUT2D eigenvalue weighted by molar-refractivity contribution is 0.0675. The van der Waals surface area contributed by atoms with E-state index in [0.29, 0.717) is 17.5 Å². The van der Waals surface area contributed by atoms with Crippen molar-refractivity contribution in [1.29, 1.82) is 5.26 Å². The van der Waals surface area contributed by atoms with Crippen LogP contribution >= 0.6 is 0 Å². The fourth-order valence-corrected chi connectivity index (χ4v) is 3.09. The van der Waals surface area contributed by atoms with Crippen LogP contribution in [0.4, 0.5) is 0 Å². The molecule has 1 fully saturated rings. The number of ether oxygens (including phenoxy) is 2. The van der Waals surface area contributed by atoms with E-state index in [2.05, 4.69) is 29.8 Å². The molecule has 5 nitrogen and oxygen atoms in total. The summed E-state index contributed by atoms with van der Waals surface area (Å²) in [6.45, 7) is 5.07. The topological polar surface area (TPSA) is 48.7 Å². The Morgan fingerprint density at radius 1 is 1.27 bits per heavy atom. The van der Waals surface area contributed by atoms with E-state index in [1.165, 1.54) is 0 Å². The number of piperazine rings is 1. The highest BCUT2D eigenvalue weighted by atomic mass is 16.5. The molecule has 1 aliphatic rings. The van der Waals surface area contributed by atoms with Crippen molar-refractivity contribution >= 4 is 0 Å². The third kappa shape index (κ3) is 3.34. The summed E-state index contributed by atoms with van der Waals surface area (Å²) in [6.07, 6.45) is 1.04. The quantitative estimate of drug-likeness (QED) is 0.835. The molecule has 1 aromatic carbocycles. The molecule has 1 saturated heterocycles. The predicted molar refractivity (Wildman–Crippen MR) is 86.2 cm³/mol. The molecule has 0 N–H and O–H groups in total. The molecule has 0 spiro atoms. The third-order valence-corrected chi connectivity index (χ3v) is 4.38. The van der Waals surface area contributed by atoms with E-state index >= 15 is 0 Å². The van der Waals surface area contributed by atoms with Gasteiger partial charge in [0.15, 0.2) is 11.5 Å². The smallest absolute Gasteiger partial charge is 0.161 e. The molecule has 0 amide bonds. The molecule has 1 aromatic rings. The first-order valence-electron chi connectivity index (χ1n) is 7.70. The Morgan fingerprint density at radius 2 is 2.00 bits per heavy atom. The summed E-state index contributed by atoms with van der Waals surface area (Å²) >= 11 is 0. The lowest BCUT2D eigenvalue weighted by Gasteiger charge is -2.42. The molecule has 0 bridgehead atoms. The first kappa shape index (κ1) is 16.6. The number of hydrogen-bond donors (Lipinski definition) is 0. The highest BCUT2D eigenvalue weighted by Crippen LogP contribution is 2.33. The van der Waals surface area contributed by atoms with Crippen LogP contribution < -0.4 is 9.47 Å². The maximum atomic E-state index is 9.72. The van der Waals surface area contributed by atoms with Crippen LogP contribution in [0.15, 0.2) is 18.2 Å². The van der Waals surface area contributed by atoms with Crippen molar-refractivity contribution in [1.82, 2.24) is 9.80 Å². The number of nitrogens with zero attached hydrogens (tertiary/aromatic N) is 3. The highest BCUT2D eigenvalue weighted by Gasteiger charge is 2.31. The number of methoxy groups -OCH3 is 2. The van der Waals surface area contributed by atoms with Crippen LogP contribution in [0.1, 0.15) is 24.9 Å². The molecule has 1 heterocycles. The van der Waals surface area contributed by atoms with Gasteiger partial charge in [0.2, 0.25) is 0 Å². The van der Waals surface area contributed by atoms with Crippen LogP contribution in [-0.4, -0.2) is 56.7 Å². The summed E-state index contributed by atoms with van der Waals surface area (Å²) in [5.74, 6) is 1.36. The molecule has 0 aromatic heterocycles. The Labute approximate surface area is 133 Å². The molecule has 0 radical (unpaired) electrons. The van der Waals surface area contributed by atoms with E-state index < -0.39 is 0 Å². The lowest BCUT2D eigenvalue weighted by Crippen LogP contribution is -2.52. The van der Waals surface area contributed by atoms with Crippen molar-refractivity contribution in [3.8, 4) is 17.6 Å². The second-order valence-electron chi connectivity index (χ2n) is 5.71. The predicted octanol–water partition coefficient (Wildman–Crippen LogP) is 2.29. The summed E-state index contributed by atoms with van der Waals surface area (Å²) in [6, 6.07) is 8.36. The second-order valence-corrected chi connectivity index (χ2v) is 5.71. The number of nitriles is 1. The molecule has 0 aliphatic carbocycles. The Hall–Kier alpha value is -1.77. The molecule has 2 rings (SSSR count). The average molecular weight is 303 g/mol. The van der Waals surface area contributed by atoms with Gasteiger partial charge >= 0.3 is 0 Å². The Kier molecular flexibility index (Phi) is 5.64. The van der Waals surface area contributed by atoms with Crippen molar-refractivity contribution < 1.29 is 9.47 Å². The standard InChI is InChI=1S/C17H25N3O2/c1-5-14-12-19(2)8-9-20(14)15(11-18)13-6-7-16(21-3)17(10-13)22-4/h6-7,10,14-15H,5,8-9,12H2,1-4H3. The maximum Gasteiger partial charge on any atom is 0.161 e. The van der Waals surface area contributed by atoms with E-state index in [9.17, 15) is 5.26 Å². The van der Waals surface area contributed by atoms with Gasteiger partial charge in [-0.05, 0) is 31.2 Å². The van der Waals surface area contributed by atoms with E-state index in [0.717, 1.165) is 31.6 Å². The number of hydrogen-bond acceptors (Lipinski definition) is 5. The van der Waals surface area contributed by atoms with Gasteiger partial charge in [-0.15, -0.1) is 0 Å². The van der Waals surface area contributed by atoms with Gasteiger partial charge in [0.1, 0.15) is 6.04 Å². The third-order valence-electron chi connectivity index (χ3n) is 4.38. The lowest BCUT2D eigenvalue weighted by atomic mass is 10.0. The number of rotatable bonds is 5. The Morgan fingerprint density at radius 3 is 2.59 bits per heavy atom. The van der Waals surface area contributed by atoms with Gasteiger partial charge in [-0.2, -0.15) is 5.26 Å². The normalized spacial score (nSPS) is 21.1. The summed E-state index contributed by atoms with van der Waals surface area (Å²) in [4.78, 5) is 4.63. The average Bonchev–Trinajstić information content (AvgIpc) is 2.56. The summed E-state index contributed by atoms with van der Waals surface area (Å²) < 4.78 is 10.6.